The lowest BCUT2D eigenvalue weighted by molar-refractivity contribution is 0.182. The Morgan fingerprint density at radius 3 is 2.71 bits per heavy atom. The van der Waals surface area contributed by atoms with Gasteiger partial charge in [-0.05, 0) is 25.1 Å². The van der Waals surface area contributed by atoms with Crippen LogP contribution in [-0.2, 0) is 4.74 Å². The van der Waals surface area contributed by atoms with Crippen LogP contribution in [0.4, 0.5) is 5.82 Å². The van der Waals surface area contributed by atoms with E-state index in [1.165, 1.54) is 10.7 Å². The minimum atomic E-state index is -0.175. The lowest BCUT2D eigenvalue weighted by atomic mass is 10.1. The molecule has 0 amide bonds. The normalized spacial score (nSPS) is 20.4. The van der Waals surface area contributed by atoms with E-state index >= 15 is 0 Å². The van der Waals surface area contributed by atoms with Crippen molar-refractivity contribution >= 4 is 16.9 Å². The van der Waals surface area contributed by atoms with E-state index in [0.717, 1.165) is 16.7 Å². The Kier molecular flexibility index (Phi) is 3.70. The molecule has 1 aliphatic rings. The van der Waals surface area contributed by atoms with Crippen LogP contribution >= 0.6 is 0 Å². The van der Waals surface area contributed by atoms with Crippen LogP contribution in [-0.4, -0.2) is 39.0 Å². The fraction of sp³-hybridized carbons (Fsp3) is 0.294. The first-order valence-electron chi connectivity index (χ1n) is 7.84. The van der Waals surface area contributed by atoms with Crippen LogP contribution in [0.1, 0.15) is 11.7 Å². The van der Waals surface area contributed by atoms with Crippen LogP contribution < -0.4 is 10.9 Å². The van der Waals surface area contributed by atoms with E-state index in [4.69, 9.17) is 4.74 Å². The van der Waals surface area contributed by atoms with Gasteiger partial charge >= 0.3 is 0 Å². The quantitative estimate of drug-likeness (QED) is 0.787. The first kappa shape index (κ1) is 14.8. The molecule has 0 radical (unpaired) electrons. The molecule has 1 fully saturated rings. The topological polar surface area (TPSA) is 81.9 Å². The number of para-hydroxylation sites is 2. The molecule has 3 aromatic rings. The summed E-state index contributed by atoms with van der Waals surface area (Å²) in [6.07, 6.45) is 1.61. The van der Waals surface area contributed by atoms with Crippen molar-refractivity contribution in [2.75, 3.05) is 18.5 Å². The molecule has 2 aromatic heterocycles. The summed E-state index contributed by atoms with van der Waals surface area (Å²) in [4.78, 5) is 21.3. The Labute approximate surface area is 138 Å². The molecule has 0 aliphatic carbocycles. The van der Waals surface area contributed by atoms with Crippen LogP contribution in [0.25, 0.3) is 11.0 Å². The second-order valence-corrected chi connectivity index (χ2v) is 5.81. The molecule has 122 valence electrons. The summed E-state index contributed by atoms with van der Waals surface area (Å²) in [6, 6.07) is 10.6. The van der Waals surface area contributed by atoms with Gasteiger partial charge in [0.2, 0.25) is 0 Å². The highest BCUT2D eigenvalue weighted by Crippen LogP contribution is 2.23. The molecule has 4 rings (SSSR count). The molecule has 24 heavy (non-hydrogen) atoms. The van der Waals surface area contributed by atoms with Gasteiger partial charge in [-0.15, -0.1) is 0 Å². The number of nitrogens with zero attached hydrogens (tertiary/aromatic N) is 4. The standard InChI is InChI=1S/C17H17N5O2/c1-11-17(20-13-6-3-2-5-12(13)19-11)21-14-9-24-10-15(14)22-16(23)7-4-8-18-22/h2-8,14-15H,9-10H2,1H3,(H,20,21). The van der Waals surface area contributed by atoms with Crippen molar-refractivity contribution in [3.63, 3.8) is 0 Å². The first-order chi connectivity index (χ1) is 11.7. The maximum absolute atomic E-state index is 12.0. The zero-order chi connectivity index (χ0) is 16.5. The number of rotatable bonds is 3. The summed E-state index contributed by atoms with van der Waals surface area (Å²) in [5.74, 6) is 0.707. The van der Waals surface area contributed by atoms with Crippen molar-refractivity contribution in [2.45, 2.75) is 19.0 Å². The van der Waals surface area contributed by atoms with Gasteiger partial charge in [0.15, 0.2) is 0 Å². The molecule has 1 aliphatic heterocycles. The molecular formula is C17H17N5O2. The molecule has 2 unspecified atom stereocenters. The third kappa shape index (κ3) is 2.63. The highest BCUT2D eigenvalue weighted by molar-refractivity contribution is 5.76. The number of anilines is 1. The monoisotopic (exact) mass is 323 g/mol. The maximum atomic E-state index is 12.0. The number of benzene rings is 1. The third-order valence-corrected chi connectivity index (χ3v) is 4.17. The zero-order valence-corrected chi connectivity index (χ0v) is 13.2. The molecule has 2 atom stereocenters. The summed E-state index contributed by atoms with van der Waals surface area (Å²) < 4.78 is 7.04. The summed E-state index contributed by atoms with van der Waals surface area (Å²) >= 11 is 0. The minimum absolute atomic E-state index is 0.0910. The number of ether oxygens (including phenoxy) is 1. The highest BCUT2D eigenvalue weighted by atomic mass is 16.5. The molecule has 3 heterocycles. The van der Waals surface area contributed by atoms with Gasteiger partial charge in [0.05, 0.1) is 36.0 Å². The Hall–Kier alpha value is -2.80. The van der Waals surface area contributed by atoms with E-state index in [9.17, 15) is 4.79 Å². The molecular weight excluding hydrogens is 306 g/mol. The smallest absolute Gasteiger partial charge is 0.267 e. The maximum Gasteiger partial charge on any atom is 0.267 e. The predicted octanol–water partition coefficient (Wildman–Crippen LogP) is 1.55. The van der Waals surface area contributed by atoms with Crippen molar-refractivity contribution in [1.82, 2.24) is 19.7 Å². The van der Waals surface area contributed by atoms with E-state index in [-0.39, 0.29) is 17.6 Å². The summed E-state index contributed by atoms with van der Waals surface area (Å²) in [7, 11) is 0. The number of hydrogen-bond acceptors (Lipinski definition) is 6. The molecule has 7 heteroatoms. The van der Waals surface area contributed by atoms with Crippen LogP contribution in [0.2, 0.25) is 0 Å². The molecule has 0 spiro atoms. The molecule has 1 N–H and O–H groups in total. The molecule has 1 saturated heterocycles. The van der Waals surface area contributed by atoms with Crippen LogP contribution in [0.15, 0.2) is 47.4 Å². The fourth-order valence-corrected chi connectivity index (χ4v) is 2.94. The molecule has 0 bridgehead atoms. The van der Waals surface area contributed by atoms with E-state index in [0.29, 0.717) is 19.0 Å². The van der Waals surface area contributed by atoms with Crippen molar-refractivity contribution < 1.29 is 4.74 Å². The Morgan fingerprint density at radius 1 is 1.12 bits per heavy atom. The second-order valence-electron chi connectivity index (χ2n) is 5.81. The number of nitrogens with one attached hydrogen (secondary N) is 1. The largest absolute Gasteiger partial charge is 0.377 e. The zero-order valence-electron chi connectivity index (χ0n) is 13.2. The second kappa shape index (κ2) is 6.01. The third-order valence-electron chi connectivity index (χ3n) is 4.17. The molecule has 7 nitrogen and oxygen atoms in total. The highest BCUT2D eigenvalue weighted by Gasteiger charge is 2.31. The van der Waals surface area contributed by atoms with Crippen LogP contribution in [0.5, 0.6) is 0 Å². The SMILES string of the molecule is Cc1nc2ccccc2nc1NC1COCC1n1ncccc1=O. The van der Waals surface area contributed by atoms with Crippen LogP contribution in [0.3, 0.4) is 0 Å². The van der Waals surface area contributed by atoms with Crippen molar-refractivity contribution in [3.05, 3.63) is 58.6 Å². The van der Waals surface area contributed by atoms with Gasteiger partial charge in [0.1, 0.15) is 11.9 Å². The van der Waals surface area contributed by atoms with Gasteiger partial charge in [-0.2, -0.15) is 5.10 Å². The number of hydrogen-bond donors (Lipinski definition) is 1. The van der Waals surface area contributed by atoms with Crippen molar-refractivity contribution in [3.8, 4) is 0 Å². The molecule has 1 aromatic carbocycles. The lowest BCUT2D eigenvalue weighted by Gasteiger charge is -2.21. The summed E-state index contributed by atoms with van der Waals surface area (Å²) in [6.45, 7) is 2.84. The lowest BCUT2D eigenvalue weighted by Crippen LogP contribution is -2.37. The fourth-order valence-electron chi connectivity index (χ4n) is 2.94. The van der Waals surface area contributed by atoms with E-state index in [1.807, 2.05) is 31.2 Å². The number of aryl methyl sites for hydroxylation is 1. The number of aromatic nitrogens is 4. The number of fused-ring (bicyclic) bond motifs is 1. The van der Waals surface area contributed by atoms with Gasteiger partial charge in [-0.25, -0.2) is 14.6 Å². The van der Waals surface area contributed by atoms with E-state index in [2.05, 4.69) is 20.4 Å². The average Bonchev–Trinajstić information content (AvgIpc) is 3.04. The predicted molar refractivity (Wildman–Crippen MR) is 90.0 cm³/mol. The van der Waals surface area contributed by atoms with E-state index in [1.54, 1.807) is 12.3 Å². The van der Waals surface area contributed by atoms with Crippen molar-refractivity contribution in [1.29, 1.82) is 0 Å². The minimum Gasteiger partial charge on any atom is -0.377 e. The summed E-state index contributed by atoms with van der Waals surface area (Å²) in [5.41, 5.74) is 2.37. The van der Waals surface area contributed by atoms with Crippen LogP contribution in [0, 0.1) is 6.92 Å². The van der Waals surface area contributed by atoms with Gasteiger partial charge in [-0.1, -0.05) is 12.1 Å². The Balaban J connectivity index is 1.66. The van der Waals surface area contributed by atoms with Gasteiger partial charge in [0, 0.05) is 12.3 Å². The van der Waals surface area contributed by atoms with Crippen molar-refractivity contribution in [2.24, 2.45) is 0 Å². The van der Waals surface area contributed by atoms with Gasteiger partial charge in [0.25, 0.3) is 5.56 Å². The molecule has 0 saturated carbocycles. The average molecular weight is 323 g/mol. The van der Waals surface area contributed by atoms with Gasteiger partial charge in [-0.3, -0.25) is 4.79 Å². The summed E-state index contributed by atoms with van der Waals surface area (Å²) in [5, 5.41) is 7.55. The van der Waals surface area contributed by atoms with E-state index < -0.39 is 0 Å². The Morgan fingerprint density at radius 2 is 1.92 bits per heavy atom. The Bertz CT molecular complexity index is 939. The first-order valence-corrected chi connectivity index (χ1v) is 7.84. The van der Waals surface area contributed by atoms with Gasteiger partial charge < -0.3 is 10.1 Å².